The number of benzene rings is 2. The molecule has 1 atom stereocenters. The number of carbonyl (C=O) groups is 1. The van der Waals surface area contributed by atoms with Crippen molar-refractivity contribution in [1.82, 2.24) is 4.98 Å². The standard InChI is InChI=1S/C18H15Cl2N3OS2/c1-10(26-13-5-3-12(21)4-6-13)17(24)23-18-22-16(9-25-18)11-2-7-14(19)15(20)8-11/h2-10H,21H2,1H3,(H,22,23,24). The Labute approximate surface area is 169 Å². The van der Waals surface area contributed by atoms with E-state index in [2.05, 4.69) is 10.3 Å². The van der Waals surface area contributed by atoms with E-state index in [-0.39, 0.29) is 11.2 Å². The molecule has 1 aromatic heterocycles. The number of nitrogens with two attached hydrogens (primary N) is 1. The topological polar surface area (TPSA) is 68.0 Å². The second-order valence-electron chi connectivity index (χ2n) is 5.49. The zero-order chi connectivity index (χ0) is 18.7. The third-order valence-corrected chi connectivity index (χ3v) is 6.12. The van der Waals surface area contributed by atoms with Gasteiger partial charge >= 0.3 is 0 Å². The molecule has 0 spiro atoms. The second kappa shape index (κ2) is 8.31. The largest absolute Gasteiger partial charge is 0.399 e. The lowest BCUT2D eigenvalue weighted by Gasteiger charge is -2.10. The molecule has 26 heavy (non-hydrogen) atoms. The van der Waals surface area contributed by atoms with Crippen molar-refractivity contribution in [2.45, 2.75) is 17.1 Å². The molecule has 2 aromatic carbocycles. The van der Waals surface area contributed by atoms with E-state index in [1.807, 2.05) is 42.6 Å². The van der Waals surface area contributed by atoms with Gasteiger partial charge in [0.2, 0.25) is 5.91 Å². The monoisotopic (exact) mass is 423 g/mol. The molecule has 0 saturated carbocycles. The maximum atomic E-state index is 12.4. The number of nitrogen functional groups attached to an aromatic ring is 1. The number of aromatic nitrogens is 1. The van der Waals surface area contributed by atoms with E-state index < -0.39 is 0 Å². The van der Waals surface area contributed by atoms with Crippen LogP contribution in [0.5, 0.6) is 0 Å². The van der Waals surface area contributed by atoms with Crippen LogP contribution >= 0.6 is 46.3 Å². The molecule has 1 heterocycles. The van der Waals surface area contributed by atoms with E-state index in [1.54, 1.807) is 12.1 Å². The van der Waals surface area contributed by atoms with E-state index >= 15 is 0 Å². The number of hydrogen-bond acceptors (Lipinski definition) is 5. The van der Waals surface area contributed by atoms with Gasteiger partial charge in [0.05, 0.1) is 21.0 Å². The minimum Gasteiger partial charge on any atom is -0.399 e. The van der Waals surface area contributed by atoms with Crippen LogP contribution in [0.1, 0.15) is 6.92 Å². The molecule has 3 aromatic rings. The van der Waals surface area contributed by atoms with Crippen molar-refractivity contribution in [3.05, 3.63) is 57.9 Å². The minimum absolute atomic E-state index is 0.109. The fourth-order valence-electron chi connectivity index (χ4n) is 2.13. The lowest BCUT2D eigenvalue weighted by Crippen LogP contribution is -2.22. The average Bonchev–Trinajstić information content (AvgIpc) is 3.07. The fraction of sp³-hybridized carbons (Fsp3) is 0.111. The molecule has 3 N–H and O–H groups in total. The molecule has 0 saturated heterocycles. The molecule has 0 aliphatic carbocycles. The molecule has 1 amide bonds. The molecular formula is C18H15Cl2N3OS2. The summed E-state index contributed by atoms with van der Waals surface area (Å²) in [7, 11) is 0. The summed E-state index contributed by atoms with van der Waals surface area (Å²) in [5, 5.41) is 5.96. The summed E-state index contributed by atoms with van der Waals surface area (Å²) in [4.78, 5) is 17.8. The fourth-order valence-corrected chi connectivity index (χ4v) is 4.02. The van der Waals surface area contributed by atoms with Crippen molar-refractivity contribution < 1.29 is 4.79 Å². The highest BCUT2D eigenvalue weighted by Crippen LogP contribution is 2.31. The van der Waals surface area contributed by atoms with Gasteiger partial charge in [-0.2, -0.15) is 0 Å². The van der Waals surface area contributed by atoms with Crippen LogP contribution in [0.15, 0.2) is 52.7 Å². The SMILES string of the molecule is CC(Sc1ccc(N)cc1)C(=O)Nc1nc(-c2ccc(Cl)c(Cl)c2)cs1. The van der Waals surface area contributed by atoms with Gasteiger partial charge in [-0.15, -0.1) is 23.1 Å². The van der Waals surface area contributed by atoms with E-state index in [9.17, 15) is 4.79 Å². The first-order valence-corrected chi connectivity index (χ1v) is 10.2. The number of nitrogens with zero attached hydrogens (tertiary/aromatic N) is 1. The highest BCUT2D eigenvalue weighted by Gasteiger charge is 2.16. The third-order valence-electron chi connectivity index (χ3n) is 3.51. The zero-order valence-corrected chi connectivity index (χ0v) is 16.8. The van der Waals surface area contributed by atoms with Crippen LogP contribution < -0.4 is 11.1 Å². The Kier molecular flexibility index (Phi) is 6.09. The van der Waals surface area contributed by atoms with Crippen molar-refractivity contribution in [3.8, 4) is 11.3 Å². The number of nitrogens with one attached hydrogen (secondary N) is 1. The van der Waals surface area contributed by atoms with Gasteiger partial charge in [-0.25, -0.2) is 4.98 Å². The molecule has 4 nitrogen and oxygen atoms in total. The molecule has 0 radical (unpaired) electrons. The van der Waals surface area contributed by atoms with Gasteiger partial charge in [0, 0.05) is 21.5 Å². The van der Waals surface area contributed by atoms with Gasteiger partial charge in [-0.05, 0) is 43.3 Å². The Bertz CT molecular complexity index is 928. The normalized spacial score (nSPS) is 12.0. The predicted octanol–water partition coefficient (Wildman–Crippen LogP) is 5.82. The summed E-state index contributed by atoms with van der Waals surface area (Å²) in [6.07, 6.45) is 0. The molecule has 134 valence electrons. The van der Waals surface area contributed by atoms with E-state index in [1.165, 1.54) is 23.1 Å². The van der Waals surface area contributed by atoms with Gasteiger partial charge in [-0.1, -0.05) is 29.3 Å². The molecule has 0 fully saturated rings. The maximum Gasteiger partial charge on any atom is 0.239 e. The summed E-state index contributed by atoms with van der Waals surface area (Å²) in [6, 6.07) is 12.8. The van der Waals surface area contributed by atoms with Gasteiger partial charge in [0.1, 0.15) is 0 Å². The van der Waals surface area contributed by atoms with Crippen LogP contribution in [0, 0.1) is 0 Å². The minimum atomic E-state index is -0.268. The van der Waals surface area contributed by atoms with Crippen molar-refractivity contribution in [2.75, 3.05) is 11.1 Å². The number of rotatable bonds is 5. The Morgan fingerprint density at radius 2 is 1.92 bits per heavy atom. The maximum absolute atomic E-state index is 12.4. The first kappa shape index (κ1) is 19.0. The Hall–Kier alpha value is -1.73. The number of hydrogen-bond donors (Lipinski definition) is 2. The highest BCUT2D eigenvalue weighted by molar-refractivity contribution is 8.00. The van der Waals surface area contributed by atoms with Crippen molar-refractivity contribution in [1.29, 1.82) is 0 Å². The summed E-state index contributed by atoms with van der Waals surface area (Å²) in [5.41, 5.74) is 7.96. The van der Waals surface area contributed by atoms with Crippen molar-refractivity contribution in [3.63, 3.8) is 0 Å². The van der Waals surface area contributed by atoms with Crippen LogP contribution in [0.25, 0.3) is 11.3 Å². The molecular weight excluding hydrogens is 409 g/mol. The predicted molar refractivity (Wildman–Crippen MR) is 112 cm³/mol. The smallest absolute Gasteiger partial charge is 0.239 e. The van der Waals surface area contributed by atoms with Crippen LogP contribution in [0.2, 0.25) is 10.0 Å². The summed E-state index contributed by atoms with van der Waals surface area (Å²) in [5.74, 6) is -0.109. The molecule has 8 heteroatoms. The third kappa shape index (κ3) is 4.71. The summed E-state index contributed by atoms with van der Waals surface area (Å²) >= 11 is 14.8. The first-order valence-electron chi connectivity index (χ1n) is 7.66. The van der Waals surface area contributed by atoms with Crippen LogP contribution in [0.4, 0.5) is 10.8 Å². The quantitative estimate of drug-likeness (QED) is 0.400. The van der Waals surface area contributed by atoms with Gasteiger partial charge in [-0.3, -0.25) is 4.79 Å². The number of amides is 1. The number of halogens is 2. The van der Waals surface area contributed by atoms with Gasteiger partial charge < -0.3 is 11.1 Å². The molecule has 1 unspecified atom stereocenters. The number of anilines is 2. The first-order chi connectivity index (χ1) is 12.4. The van der Waals surface area contributed by atoms with Gasteiger partial charge in [0.25, 0.3) is 0 Å². The summed E-state index contributed by atoms with van der Waals surface area (Å²) in [6.45, 7) is 1.85. The van der Waals surface area contributed by atoms with E-state index in [4.69, 9.17) is 28.9 Å². The van der Waals surface area contributed by atoms with Crippen molar-refractivity contribution in [2.24, 2.45) is 0 Å². The number of carbonyl (C=O) groups excluding carboxylic acids is 1. The molecule has 0 aliphatic heterocycles. The number of thiazole rings is 1. The van der Waals surface area contributed by atoms with Crippen LogP contribution in [0.3, 0.4) is 0 Å². The van der Waals surface area contributed by atoms with Gasteiger partial charge in [0.15, 0.2) is 5.13 Å². The second-order valence-corrected chi connectivity index (χ2v) is 8.57. The van der Waals surface area contributed by atoms with Crippen LogP contribution in [-0.4, -0.2) is 16.1 Å². The van der Waals surface area contributed by atoms with E-state index in [0.29, 0.717) is 20.9 Å². The Balaban J connectivity index is 1.65. The lowest BCUT2D eigenvalue weighted by atomic mass is 10.2. The van der Waals surface area contributed by atoms with Crippen molar-refractivity contribution >= 4 is 63.0 Å². The summed E-state index contributed by atoms with van der Waals surface area (Å²) < 4.78 is 0. The molecule has 0 aliphatic rings. The van der Waals surface area contributed by atoms with E-state index in [0.717, 1.165) is 16.2 Å². The lowest BCUT2D eigenvalue weighted by molar-refractivity contribution is -0.115. The highest BCUT2D eigenvalue weighted by atomic mass is 35.5. The Morgan fingerprint density at radius 3 is 2.62 bits per heavy atom. The number of thioether (sulfide) groups is 1. The zero-order valence-electron chi connectivity index (χ0n) is 13.7. The average molecular weight is 424 g/mol. The molecule has 3 rings (SSSR count). The Morgan fingerprint density at radius 1 is 1.19 bits per heavy atom. The van der Waals surface area contributed by atoms with Crippen LogP contribution in [-0.2, 0) is 4.79 Å². The molecule has 0 bridgehead atoms.